The topological polar surface area (TPSA) is 44.8 Å². The first-order chi connectivity index (χ1) is 15.6. The minimum Gasteiger partial charge on any atom is -0.444 e. The molecule has 5 heteroatoms. The van der Waals surface area contributed by atoms with Gasteiger partial charge in [0.1, 0.15) is 11.8 Å². The fraction of sp³-hybridized carbons (Fsp3) is 0.464. The van der Waals surface area contributed by atoms with Crippen LogP contribution in [0.4, 0.5) is 16.2 Å². The molecular weight excluding hydrogens is 410 g/mol. The van der Waals surface area contributed by atoms with Gasteiger partial charge in [-0.15, -0.1) is 0 Å². The molecular formula is C28H35N3O2. The largest absolute Gasteiger partial charge is 0.444 e. The number of amides is 1. The summed E-state index contributed by atoms with van der Waals surface area (Å²) in [5, 5.41) is 3.85. The van der Waals surface area contributed by atoms with Crippen LogP contribution in [0.3, 0.4) is 0 Å². The van der Waals surface area contributed by atoms with Crippen LogP contribution in [0.25, 0.3) is 0 Å². The van der Waals surface area contributed by atoms with E-state index in [0.29, 0.717) is 6.54 Å². The molecule has 1 unspecified atom stereocenters. The SMILES string of the molecule is CC(C)=CC1c2cccc3c2[C@]2(CCN1C(=O)OC(C)(C)C)Cc1ccccc1N[C@@H]2N3C. The van der Waals surface area contributed by atoms with E-state index in [-0.39, 0.29) is 23.7 Å². The Hall–Kier alpha value is -2.95. The molecule has 1 amide bonds. The Labute approximate surface area is 197 Å². The van der Waals surface area contributed by atoms with E-state index >= 15 is 0 Å². The number of hydrogen-bond acceptors (Lipinski definition) is 4. The number of fused-ring (bicyclic) bond motifs is 1. The summed E-state index contributed by atoms with van der Waals surface area (Å²) in [5.74, 6) is 0. The highest BCUT2D eigenvalue weighted by atomic mass is 16.6. The number of allylic oxidation sites excluding steroid dienone is 1. The van der Waals surface area contributed by atoms with E-state index in [9.17, 15) is 4.79 Å². The van der Waals surface area contributed by atoms with Crippen LogP contribution in [0.5, 0.6) is 0 Å². The van der Waals surface area contributed by atoms with E-state index < -0.39 is 5.60 Å². The lowest BCUT2D eigenvalue weighted by molar-refractivity contribution is 0.0191. The first-order valence-corrected chi connectivity index (χ1v) is 12.0. The van der Waals surface area contributed by atoms with Crippen molar-refractivity contribution in [3.05, 3.63) is 70.8 Å². The maximum absolute atomic E-state index is 13.4. The second kappa shape index (κ2) is 7.54. The highest BCUT2D eigenvalue weighted by Crippen LogP contribution is 2.56. The lowest BCUT2D eigenvalue weighted by Crippen LogP contribution is -2.53. The summed E-state index contributed by atoms with van der Waals surface area (Å²) in [6.07, 6.45) is 3.96. The Morgan fingerprint density at radius 1 is 1.15 bits per heavy atom. The molecule has 2 aromatic rings. The molecule has 5 nitrogen and oxygen atoms in total. The van der Waals surface area contributed by atoms with Gasteiger partial charge in [0.05, 0.1) is 6.04 Å². The molecule has 0 aromatic heterocycles. The molecule has 1 N–H and O–H groups in total. The Morgan fingerprint density at radius 3 is 2.64 bits per heavy atom. The lowest BCUT2D eigenvalue weighted by Gasteiger charge is -2.43. The van der Waals surface area contributed by atoms with Crippen molar-refractivity contribution in [2.24, 2.45) is 0 Å². The van der Waals surface area contributed by atoms with Crippen LogP contribution in [0.15, 0.2) is 54.1 Å². The van der Waals surface area contributed by atoms with Crippen molar-refractivity contribution in [2.75, 3.05) is 23.8 Å². The van der Waals surface area contributed by atoms with Crippen molar-refractivity contribution in [1.29, 1.82) is 0 Å². The molecule has 174 valence electrons. The van der Waals surface area contributed by atoms with Crippen LogP contribution >= 0.6 is 0 Å². The number of carbonyl (C=O) groups excluding carboxylic acids is 1. The number of likely N-dealkylation sites (N-methyl/N-ethyl adjacent to an activating group) is 1. The molecule has 3 atom stereocenters. The summed E-state index contributed by atoms with van der Waals surface area (Å²) in [6, 6.07) is 15.1. The smallest absolute Gasteiger partial charge is 0.411 e. The average Bonchev–Trinajstić information content (AvgIpc) is 2.89. The monoisotopic (exact) mass is 445 g/mol. The Balaban J connectivity index is 1.69. The van der Waals surface area contributed by atoms with E-state index in [1.807, 2.05) is 25.7 Å². The molecule has 0 bridgehead atoms. The van der Waals surface area contributed by atoms with E-state index in [2.05, 4.69) is 79.7 Å². The van der Waals surface area contributed by atoms with Gasteiger partial charge in [-0.2, -0.15) is 0 Å². The quantitative estimate of drug-likeness (QED) is 0.546. The molecule has 5 rings (SSSR count). The number of rotatable bonds is 1. The lowest BCUT2D eigenvalue weighted by atomic mass is 9.69. The molecule has 1 spiro atoms. The van der Waals surface area contributed by atoms with E-state index in [0.717, 1.165) is 12.8 Å². The zero-order chi connectivity index (χ0) is 23.5. The zero-order valence-corrected chi connectivity index (χ0v) is 20.6. The van der Waals surface area contributed by atoms with Gasteiger partial charge < -0.3 is 15.0 Å². The molecule has 0 fully saturated rings. The van der Waals surface area contributed by atoms with Crippen LogP contribution in [0, 0.1) is 0 Å². The third-order valence-electron chi connectivity index (χ3n) is 7.25. The van der Waals surface area contributed by atoms with Crippen LogP contribution in [0.1, 0.15) is 63.8 Å². The number of nitrogens with zero attached hydrogens (tertiary/aromatic N) is 2. The number of para-hydroxylation sites is 1. The van der Waals surface area contributed by atoms with Gasteiger partial charge in [0.15, 0.2) is 0 Å². The molecule has 33 heavy (non-hydrogen) atoms. The maximum Gasteiger partial charge on any atom is 0.411 e. The van der Waals surface area contributed by atoms with Crippen LogP contribution in [-0.4, -0.2) is 36.4 Å². The summed E-state index contributed by atoms with van der Waals surface area (Å²) in [4.78, 5) is 17.8. The highest BCUT2D eigenvalue weighted by molar-refractivity contribution is 5.75. The van der Waals surface area contributed by atoms with Gasteiger partial charge in [-0.1, -0.05) is 42.0 Å². The predicted molar refractivity (Wildman–Crippen MR) is 134 cm³/mol. The molecule has 0 aliphatic carbocycles. The first-order valence-electron chi connectivity index (χ1n) is 12.0. The molecule has 3 heterocycles. The van der Waals surface area contributed by atoms with Crippen molar-refractivity contribution >= 4 is 17.5 Å². The second-order valence-electron chi connectivity index (χ2n) is 11.0. The Morgan fingerprint density at radius 2 is 1.91 bits per heavy atom. The van der Waals surface area contributed by atoms with Crippen molar-refractivity contribution in [2.45, 2.75) is 70.7 Å². The number of nitrogens with one attached hydrogen (secondary N) is 1. The summed E-state index contributed by atoms with van der Waals surface area (Å²) >= 11 is 0. The third kappa shape index (κ3) is 3.49. The van der Waals surface area contributed by atoms with Gasteiger partial charge in [-0.3, -0.25) is 4.90 Å². The molecule has 3 aliphatic rings. The fourth-order valence-corrected chi connectivity index (χ4v) is 6.01. The summed E-state index contributed by atoms with van der Waals surface area (Å²) in [7, 11) is 2.19. The van der Waals surface area contributed by atoms with Gasteiger partial charge in [0, 0.05) is 30.4 Å². The predicted octanol–water partition coefficient (Wildman–Crippen LogP) is 6.02. The van der Waals surface area contributed by atoms with Gasteiger partial charge in [0.2, 0.25) is 0 Å². The van der Waals surface area contributed by atoms with Crippen molar-refractivity contribution < 1.29 is 9.53 Å². The van der Waals surface area contributed by atoms with Gasteiger partial charge in [-0.25, -0.2) is 4.79 Å². The zero-order valence-electron chi connectivity index (χ0n) is 20.6. The maximum atomic E-state index is 13.4. The molecule has 0 saturated heterocycles. The molecule has 2 aromatic carbocycles. The summed E-state index contributed by atoms with van der Waals surface area (Å²) < 4.78 is 5.89. The number of ether oxygens (including phenoxy) is 1. The minimum absolute atomic E-state index is 0.112. The normalized spacial score (nSPS) is 25.3. The second-order valence-corrected chi connectivity index (χ2v) is 11.0. The first kappa shape index (κ1) is 21.9. The highest BCUT2D eigenvalue weighted by Gasteiger charge is 2.55. The summed E-state index contributed by atoms with van der Waals surface area (Å²) in [6.45, 7) is 10.6. The van der Waals surface area contributed by atoms with Crippen molar-refractivity contribution in [1.82, 2.24) is 4.90 Å². The van der Waals surface area contributed by atoms with Crippen LogP contribution in [-0.2, 0) is 16.6 Å². The Bertz CT molecular complexity index is 1130. The molecule has 0 saturated carbocycles. The fourth-order valence-electron chi connectivity index (χ4n) is 6.01. The van der Waals surface area contributed by atoms with Crippen LogP contribution in [0.2, 0.25) is 0 Å². The average molecular weight is 446 g/mol. The third-order valence-corrected chi connectivity index (χ3v) is 7.25. The van der Waals surface area contributed by atoms with Crippen molar-refractivity contribution in [3.8, 4) is 0 Å². The van der Waals surface area contributed by atoms with Crippen molar-refractivity contribution in [3.63, 3.8) is 0 Å². The van der Waals surface area contributed by atoms with Gasteiger partial charge in [-0.05, 0) is 76.3 Å². The van der Waals surface area contributed by atoms with E-state index in [1.165, 1.54) is 33.6 Å². The summed E-state index contributed by atoms with van der Waals surface area (Å²) in [5.41, 5.74) is 6.96. The number of carbonyl (C=O) groups is 1. The molecule has 0 radical (unpaired) electrons. The number of hydrogen-bond donors (Lipinski definition) is 1. The van der Waals surface area contributed by atoms with E-state index in [4.69, 9.17) is 4.74 Å². The number of benzene rings is 2. The van der Waals surface area contributed by atoms with Gasteiger partial charge in [0.25, 0.3) is 0 Å². The van der Waals surface area contributed by atoms with Crippen LogP contribution < -0.4 is 10.2 Å². The van der Waals surface area contributed by atoms with Gasteiger partial charge >= 0.3 is 6.09 Å². The van der Waals surface area contributed by atoms with E-state index in [1.54, 1.807) is 0 Å². The number of anilines is 2. The standard InChI is InChI=1S/C28H35N3O2/c1-18(2)16-23-20-11-9-13-22-24(20)28(14-15-31(23)26(32)33-27(3,4)5)17-19-10-7-8-12-21(19)29-25(28)30(22)6/h7-13,16,23,25,29H,14-15,17H2,1-6H3/t23?,25-,28+/m1/s1. The Kier molecular flexibility index (Phi) is 5.00. The molecule has 3 aliphatic heterocycles. The minimum atomic E-state index is -0.535.